The number of anilines is 3. The third kappa shape index (κ3) is 3.96. The summed E-state index contributed by atoms with van der Waals surface area (Å²) < 4.78 is 33.2. The van der Waals surface area contributed by atoms with Crippen LogP contribution in [0.25, 0.3) is 0 Å². The van der Waals surface area contributed by atoms with E-state index in [4.69, 9.17) is 16.2 Å². The molecule has 1 amide bonds. The number of aromatic nitrogens is 3. The molecule has 2 aliphatic rings. The van der Waals surface area contributed by atoms with Gasteiger partial charge in [0.2, 0.25) is 5.95 Å². The molecule has 29 heavy (non-hydrogen) atoms. The van der Waals surface area contributed by atoms with Crippen LogP contribution in [0.3, 0.4) is 0 Å². The van der Waals surface area contributed by atoms with Crippen molar-refractivity contribution in [1.82, 2.24) is 15.2 Å². The lowest BCUT2D eigenvalue weighted by Crippen LogP contribution is -2.55. The Morgan fingerprint density at radius 3 is 2.83 bits per heavy atom. The van der Waals surface area contributed by atoms with Crippen LogP contribution in [0.5, 0.6) is 0 Å². The largest absolute Gasteiger partial charge is 0.372 e. The molecule has 0 saturated heterocycles. The highest BCUT2D eigenvalue weighted by Crippen LogP contribution is 2.33. The van der Waals surface area contributed by atoms with Crippen molar-refractivity contribution in [3.05, 3.63) is 35.0 Å². The maximum absolute atomic E-state index is 13.9. The van der Waals surface area contributed by atoms with Crippen molar-refractivity contribution < 1.29 is 18.3 Å². The molecule has 4 rings (SSSR count). The van der Waals surface area contributed by atoms with E-state index in [0.717, 1.165) is 11.1 Å². The van der Waals surface area contributed by atoms with Gasteiger partial charge in [-0.3, -0.25) is 4.79 Å². The third-order valence-electron chi connectivity index (χ3n) is 5.17. The Bertz CT molecular complexity index is 940. The molecule has 1 saturated carbocycles. The number of nitrogens with one attached hydrogen (secondary N) is 2. The summed E-state index contributed by atoms with van der Waals surface area (Å²) in [4.78, 5) is 15.9. The fourth-order valence-electron chi connectivity index (χ4n) is 3.55. The van der Waals surface area contributed by atoms with Gasteiger partial charge in [0.05, 0.1) is 25.3 Å². The van der Waals surface area contributed by atoms with Crippen LogP contribution in [0.15, 0.2) is 18.2 Å². The zero-order valence-electron chi connectivity index (χ0n) is 15.5. The number of benzene rings is 1. The Kier molecular flexibility index (Phi) is 5.01. The Hall–Kier alpha value is -2.92. The van der Waals surface area contributed by atoms with Crippen LogP contribution in [0.4, 0.5) is 26.2 Å². The van der Waals surface area contributed by atoms with E-state index in [9.17, 15) is 13.6 Å². The van der Waals surface area contributed by atoms with Crippen molar-refractivity contribution >= 4 is 23.4 Å². The molecular weight excluding hydrogens is 384 g/mol. The van der Waals surface area contributed by atoms with Gasteiger partial charge in [0.1, 0.15) is 0 Å². The van der Waals surface area contributed by atoms with Crippen LogP contribution in [-0.2, 0) is 18.0 Å². The second kappa shape index (κ2) is 7.48. The fourth-order valence-corrected chi connectivity index (χ4v) is 3.55. The van der Waals surface area contributed by atoms with E-state index < -0.39 is 23.9 Å². The number of carbonyl (C=O) groups excluding carboxylic acids is 1. The number of halogens is 2. The number of ether oxygens (including phenoxy) is 1. The Labute approximate surface area is 165 Å². The van der Waals surface area contributed by atoms with Crippen LogP contribution in [0.1, 0.15) is 40.9 Å². The zero-order chi connectivity index (χ0) is 20.6. The lowest BCUT2D eigenvalue weighted by molar-refractivity contribution is -0.0555. The van der Waals surface area contributed by atoms with Gasteiger partial charge in [-0.15, -0.1) is 10.2 Å². The molecule has 0 unspecified atom stereocenters. The molecule has 1 aliphatic carbocycles. The normalized spacial score (nSPS) is 22.7. The van der Waals surface area contributed by atoms with Crippen molar-refractivity contribution in [3.8, 4) is 0 Å². The number of rotatable bonds is 5. The first-order valence-electron chi connectivity index (χ1n) is 9.24. The molecule has 11 heteroatoms. The predicted octanol–water partition coefficient (Wildman–Crippen LogP) is 1.67. The summed E-state index contributed by atoms with van der Waals surface area (Å²) >= 11 is 0. The standard InChI is InChI=1S/C18H21F2N7O2/c19-18(20)5-1-2-12(14(18)21)24-17-25-16(13(15(22)28)26-27-17)23-11-4-3-9-7-29-8-10(9)6-11/h3-4,6,12,14H,1-2,5,7-8,21H2,(H2,22,28)(H2,23,24,25,27)/t12-,14-/m1/s1. The van der Waals surface area contributed by atoms with Gasteiger partial charge in [-0.05, 0) is 36.1 Å². The number of primary amides is 1. The molecule has 6 N–H and O–H groups in total. The molecule has 0 bridgehead atoms. The summed E-state index contributed by atoms with van der Waals surface area (Å²) in [5, 5.41) is 13.4. The number of amides is 1. The average molecular weight is 405 g/mol. The molecule has 2 aromatic rings. The number of fused-ring (bicyclic) bond motifs is 1. The second-order valence-electron chi connectivity index (χ2n) is 7.23. The molecule has 9 nitrogen and oxygen atoms in total. The summed E-state index contributed by atoms with van der Waals surface area (Å²) in [5.74, 6) is -3.72. The van der Waals surface area contributed by atoms with Crippen molar-refractivity contribution in [2.24, 2.45) is 11.5 Å². The minimum Gasteiger partial charge on any atom is -0.372 e. The van der Waals surface area contributed by atoms with Gasteiger partial charge >= 0.3 is 0 Å². The summed E-state index contributed by atoms with van der Waals surface area (Å²) in [6.07, 6.45) is 0.527. The van der Waals surface area contributed by atoms with E-state index in [1.807, 2.05) is 18.2 Å². The monoisotopic (exact) mass is 405 g/mol. The van der Waals surface area contributed by atoms with Gasteiger partial charge < -0.3 is 26.8 Å². The van der Waals surface area contributed by atoms with E-state index in [-0.39, 0.29) is 23.9 Å². The van der Waals surface area contributed by atoms with Gasteiger partial charge in [-0.2, -0.15) is 4.98 Å². The molecule has 1 aliphatic heterocycles. The molecule has 154 valence electrons. The number of nitrogens with two attached hydrogens (primary N) is 2. The Balaban J connectivity index is 1.58. The molecule has 0 radical (unpaired) electrons. The van der Waals surface area contributed by atoms with Crippen LogP contribution in [0, 0.1) is 0 Å². The quantitative estimate of drug-likeness (QED) is 0.589. The van der Waals surface area contributed by atoms with Crippen molar-refractivity contribution in [3.63, 3.8) is 0 Å². The smallest absolute Gasteiger partial charge is 0.273 e. The third-order valence-corrected chi connectivity index (χ3v) is 5.17. The number of alkyl halides is 2. The summed E-state index contributed by atoms with van der Waals surface area (Å²) in [7, 11) is 0. The summed E-state index contributed by atoms with van der Waals surface area (Å²) in [5.41, 5.74) is 13.7. The van der Waals surface area contributed by atoms with E-state index >= 15 is 0 Å². The van der Waals surface area contributed by atoms with Crippen molar-refractivity contribution in [1.29, 1.82) is 0 Å². The SMILES string of the molecule is NC(=O)c1nnc(N[C@@H]2CCCC(F)(F)[C@@H]2N)nc1Nc1ccc2c(c1)COC2. The molecule has 1 aromatic heterocycles. The lowest BCUT2D eigenvalue weighted by Gasteiger charge is -2.35. The van der Waals surface area contributed by atoms with E-state index in [0.29, 0.717) is 31.7 Å². The van der Waals surface area contributed by atoms with Gasteiger partial charge in [0, 0.05) is 12.1 Å². The maximum Gasteiger partial charge on any atom is 0.273 e. The fraction of sp³-hybridized carbons (Fsp3) is 0.444. The molecule has 2 atom stereocenters. The number of hydrogen-bond donors (Lipinski definition) is 4. The van der Waals surface area contributed by atoms with Gasteiger partial charge in [0.25, 0.3) is 11.8 Å². The predicted molar refractivity (Wildman–Crippen MR) is 101 cm³/mol. The first-order valence-corrected chi connectivity index (χ1v) is 9.24. The topological polar surface area (TPSA) is 141 Å². The van der Waals surface area contributed by atoms with E-state index in [1.54, 1.807) is 0 Å². The van der Waals surface area contributed by atoms with Gasteiger partial charge in [-0.1, -0.05) is 6.07 Å². The lowest BCUT2D eigenvalue weighted by atomic mass is 9.87. The highest BCUT2D eigenvalue weighted by molar-refractivity contribution is 5.96. The van der Waals surface area contributed by atoms with Crippen LogP contribution < -0.4 is 22.1 Å². The van der Waals surface area contributed by atoms with Crippen LogP contribution >= 0.6 is 0 Å². The Morgan fingerprint density at radius 2 is 2.03 bits per heavy atom. The number of carbonyl (C=O) groups is 1. The van der Waals surface area contributed by atoms with Crippen molar-refractivity contribution in [2.75, 3.05) is 10.6 Å². The van der Waals surface area contributed by atoms with Gasteiger partial charge in [-0.25, -0.2) is 8.78 Å². The second-order valence-corrected chi connectivity index (χ2v) is 7.23. The highest BCUT2D eigenvalue weighted by Gasteiger charge is 2.45. The van der Waals surface area contributed by atoms with Crippen LogP contribution in [0.2, 0.25) is 0 Å². The minimum atomic E-state index is -2.97. The van der Waals surface area contributed by atoms with E-state index in [1.165, 1.54) is 0 Å². The van der Waals surface area contributed by atoms with Gasteiger partial charge in [0.15, 0.2) is 11.5 Å². The molecule has 1 aromatic carbocycles. The molecule has 2 heterocycles. The van der Waals surface area contributed by atoms with E-state index in [2.05, 4.69) is 25.8 Å². The summed E-state index contributed by atoms with van der Waals surface area (Å²) in [6.45, 7) is 1.05. The highest BCUT2D eigenvalue weighted by atomic mass is 19.3. The van der Waals surface area contributed by atoms with Crippen LogP contribution in [-0.4, -0.2) is 39.1 Å². The first kappa shape index (κ1) is 19.4. The number of hydrogen-bond acceptors (Lipinski definition) is 8. The zero-order valence-corrected chi connectivity index (χ0v) is 15.5. The minimum absolute atomic E-state index is 0.0138. The average Bonchev–Trinajstić information content (AvgIpc) is 3.13. The molecule has 0 spiro atoms. The van der Waals surface area contributed by atoms with Crippen molar-refractivity contribution in [2.45, 2.75) is 50.5 Å². The number of nitrogens with zero attached hydrogens (tertiary/aromatic N) is 3. The first-order chi connectivity index (χ1) is 13.8. The summed E-state index contributed by atoms with van der Waals surface area (Å²) in [6, 6.07) is 3.50. The Morgan fingerprint density at radius 1 is 1.24 bits per heavy atom. The molecule has 1 fully saturated rings. The molecular formula is C18H21F2N7O2. The maximum atomic E-state index is 13.9.